The van der Waals surface area contributed by atoms with Gasteiger partial charge in [0, 0.05) is 0 Å². The maximum Gasteiger partial charge on any atom is 0.122 e. The van der Waals surface area contributed by atoms with Crippen molar-refractivity contribution in [2.24, 2.45) is 0 Å². The topological polar surface area (TPSA) is 20.2 Å². The molecule has 0 aromatic heterocycles. The SMILES string of the molecule is CCCCc1c(O)c(CCCC)c(CCCC)c(CCCC)c1CCCC. The van der Waals surface area contributed by atoms with Crippen LogP contribution in [0.25, 0.3) is 0 Å². The highest BCUT2D eigenvalue weighted by atomic mass is 16.3. The number of phenols is 1. The summed E-state index contributed by atoms with van der Waals surface area (Å²) in [6.07, 6.45) is 17.8. The molecular weight excluding hydrogens is 328 g/mol. The van der Waals surface area contributed by atoms with Gasteiger partial charge in [-0.3, -0.25) is 0 Å². The van der Waals surface area contributed by atoms with E-state index in [-0.39, 0.29) is 0 Å². The molecule has 0 saturated heterocycles. The van der Waals surface area contributed by atoms with Crippen molar-refractivity contribution < 1.29 is 5.11 Å². The maximum atomic E-state index is 11.4. The van der Waals surface area contributed by atoms with Crippen molar-refractivity contribution in [1.82, 2.24) is 0 Å². The Bertz CT molecular complexity index is 488. The molecule has 0 atom stereocenters. The highest BCUT2D eigenvalue weighted by Gasteiger charge is 2.22. The predicted octanol–water partition coefficient (Wildman–Crippen LogP) is 8.11. The molecule has 1 rings (SSSR count). The minimum absolute atomic E-state index is 0.675. The average Bonchev–Trinajstić information content (AvgIpc) is 2.68. The van der Waals surface area contributed by atoms with E-state index in [0.29, 0.717) is 5.75 Å². The van der Waals surface area contributed by atoms with Crippen LogP contribution in [0.15, 0.2) is 0 Å². The second-order valence-electron chi connectivity index (χ2n) is 8.26. The quantitative estimate of drug-likeness (QED) is 0.329. The van der Waals surface area contributed by atoms with Gasteiger partial charge in [-0.05, 0) is 92.0 Å². The molecule has 0 aliphatic rings. The van der Waals surface area contributed by atoms with Crippen LogP contribution in [0.1, 0.15) is 127 Å². The third-order valence-corrected chi connectivity index (χ3v) is 5.93. The number of phenolic OH excluding ortho intramolecular Hbond substituents is 1. The van der Waals surface area contributed by atoms with Crippen LogP contribution in [0.5, 0.6) is 5.75 Å². The molecule has 1 heteroatoms. The van der Waals surface area contributed by atoms with E-state index in [1.807, 2.05) is 0 Å². The van der Waals surface area contributed by atoms with Crippen molar-refractivity contribution in [3.05, 3.63) is 27.8 Å². The normalized spacial score (nSPS) is 11.3. The Morgan fingerprint density at radius 3 is 0.889 bits per heavy atom. The van der Waals surface area contributed by atoms with Crippen molar-refractivity contribution in [2.45, 2.75) is 131 Å². The van der Waals surface area contributed by atoms with Crippen molar-refractivity contribution in [1.29, 1.82) is 0 Å². The lowest BCUT2D eigenvalue weighted by atomic mass is 9.81. The molecule has 1 N–H and O–H groups in total. The zero-order chi connectivity index (χ0) is 20.1. The Labute approximate surface area is 170 Å². The molecular formula is C26H46O. The van der Waals surface area contributed by atoms with Crippen LogP contribution in [0.4, 0.5) is 0 Å². The molecule has 1 aromatic carbocycles. The Balaban J connectivity index is 3.57. The largest absolute Gasteiger partial charge is 0.507 e. The molecule has 0 spiro atoms. The Morgan fingerprint density at radius 2 is 0.630 bits per heavy atom. The number of unbranched alkanes of at least 4 members (excludes halogenated alkanes) is 5. The van der Waals surface area contributed by atoms with Gasteiger partial charge in [-0.2, -0.15) is 0 Å². The van der Waals surface area contributed by atoms with Crippen molar-refractivity contribution in [2.75, 3.05) is 0 Å². The van der Waals surface area contributed by atoms with E-state index in [1.54, 1.807) is 5.56 Å². The molecule has 27 heavy (non-hydrogen) atoms. The molecule has 0 radical (unpaired) electrons. The number of hydrogen-bond acceptors (Lipinski definition) is 1. The van der Waals surface area contributed by atoms with Gasteiger partial charge in [0.2, 0.25) is 0 Å². The summed E-state index contributed by atoms with van der Waals surface area (Å²) in [6, 6.07) is 0. The van der Waals surface area contributed by atoms with Crippen LogP contribution in [0.2, 0.25) is 0 Å². The summed E-state index contributed by atoms with van der Waals surface area (Å²) in [7, 11) is 0. The van der Waals surface area contributed by atoms with Crippen LogP contribution < -0.4 is 0 Å². The molecule has 0 amide bonds. The molecule has 0 aliphatic carbocycles. The Kier molecular flexibility index (Phi) is 12.5. The van der Waals surface area contributed by atoms with E-state index < -0.39 is 0 Å². The van der Waals surface area contributed by atoms with Gasteiger partial charge in [0.25, 0.3) is 0 Å². The van der Waals surface area contributed by atoms with Gasteiger partial charge in [-0.25, -0.2) is 0 Å². The summed E-state index contributed by atoms with van der Waals surface area (Å²) < 4.78 is 0. The number of hydrogen-bond donors (Lipinski definition) is 1. The zero-order valence-electron chi connectivity index (χ0n) is 19.1. The fraction of sp³-hybridized carbons (Fsp3) is 0.769. The van der Waals surface area contributed by atoms with Gasteiger partial charge in [0.15, 0.2) is 0 Å². The lowest BCUT2D eigenvalue weighted by molar-refractivity contribution is 0.454. The van der Waals surface area contributed by atoms with Crippen LogP contribution in [-0.2, 0) is 32.1 Å². The van der Waals surface area contributed by atoms with E-state index >= 15 is 0 Å². The maximum absolute atomic E-state index is 11.4. The number of benzene rings is 1. The molecule has 0 saturated carbocycles. The van der Waals surface area contributed by atoms with E-state index in [1.165, 1.54) is 92.9 Å². The van der Waals surface area contributed by atoms with Crippen LogP contribution in [0, 0.1) is 0 Å². The average molecular weight is 375 g/mol. The van der Waals surface area contributed by atoms with Gasteiger partial charge in [0.1, 0.15) is 5.75 Å². The standard InChI is InChI=1S/C26H46O/c1-6-11-16-21-22(17-12-7-2)24(19-14-9-4)26(27)25(20-15-10-5)23(21)18-13-8-3/h27H,6-20H2,1-5H3. The molecule has 156 valence electrons. The smallest absolute Gasteiger partial charge is 0.122 e. The highest BCUT2D eigenvalue weighted by molar-refractivity contribution is 5.56. The summed E-state index contributed by atoms with van der Waals surface area (Å²) in [5.74, 6) is 0.675. The third kappa shape index (κ3) is 7.16. The monoisotopic (exact) mass is 374 g/mol. The summed E-state index contributed by atoms with van der Waals surface area (Å²) in [6.45, 7) is 11.4. The highest BCUT2D eigenvalue weighted by Crippen LogP contribution is 2.38. The van der Waals surface area contributed by atoms with Gasteiger partial charge in [0.05, 0.1) is 0 Å². The zero-order valence-corrected chi connectivity index (χ0v) is 19.1. The van der Waals surface area contributed by atoms with E-state index in [2.05, 4.69) is 34.6 Å². The Morgan fingerprint density at radius 1 is 0.407 bits per heavy atom. The van der Waals surface area contributed by atoms with Crippen LogP contribution in [-0.4, -0.2) is 5.11 Å². The van der Waals surface area contributed by atoms with Gasteiger partial charge in [-0.15, -0.1) is 0 Å². The van der Waals surface area contributed by atoms with Gasteiger partial charge >= 0.3 is 0 Å². The second kappa shape index (κ2) is 14.1. The second-order valence-corrected chi connectivity index (χ2v) is 8.26. The summed E-state index contributed by atoms with van der Waals surface area (Å²) in [5, 5.41) is 11.4. The van der Waals surface area contributed by atoms with Crippen molar-refractivity contribution in [3.8, 4) is 5.75 Å². The first-order valence-electron chi connectivity index (χ1n) is 12.0. The van der Waals surface area contributed by atoms with Crippen LogP contribution in [0.3, 0.4) is 0 Å². The summed E-state index contributed by atoms with van der Waals surface area (Å²) >= 11 is 0. The first-order chi connectivity index (χ1) is 13.2. The van der Waals surface area contributed by atoms with E-state index in [4.69, 9.17) is 0 Å². The molecule has 1 nitrogen and oxygen atoms in total. The van der Waals surface area contributed by atoms with Crippen molar-refractivity contribution in [3.63, 3.8) is 0 Å². The lowest BCUT2D eigenvalue weighted by Crippen LogP contribution is -2.11. The van der Waals surface area contributed by atoms with Gasteiger partial charge < -0.3 is 5.11 Å². The predicted molar refractivity (Wildman–Crippen MR) is 121 cm³/mol. The molecule has 0 bridgehead atoms. The lowest BCUT2D eigenvalue weighted by Gasteiger charge is -2.25. The van der Waals surface area contributed by atoms with Crippen LogP contribution >= 0.6 is 0 Å². The molecule has 1 aromatic rings. The van der Waals surface area contributed by atoms with Crippen molar-refractivity contribution >= 4 is 0 Å². The van der Waals surface area contributed by atoms with Gasteiger partial charge in [-0.1, -0.05) is 66.7 Å². The van der Waals surface area contributed by atoms with E-state index in [9.17, 15) is 5.11 Å². The molecule has 0 fully saturated rings. The number of rotatable bonds is 15. The minimum Gasteiger partial charge on any atom is -0.507 e. The molecule has 0 unspecified atom stereocenters. The third-order valence-electron chi connectivity index (χ3n) is 5.93. The summed E-state index contributed by atoms with van der Waals surface area (Å²) in [4.78, 5) is 0. The summed E-state index contributed by atoms with van der Waals surface area (Å²) in [5.41, 5.74) is 7.31. The fourth-order valence-electron chi connectivity index (χ4n) is 4.23. The first kappa shape index (κ1) is 24.1. The fourth-order valence-corrected chi connectivity index (χ4v) is 4.23. The molecule has 0 aliphatic heterocycles. The minimum atomic E-state index is 0.675. The first-order valence-corrected chi connectivity index (χ1v) is 12.0. The Hall–Kier alpha value is -0.980. The molecule has 0 heterocycles. The van der Waals surface area contributed by atoms with E-state index in [0.717, 1.165) is 25.7 Å². The number of aromatic hydroxyl groups is 1.